The van der Waals surface area contributed by atoms with Crippen molar-refractivity contribution in [1.82, 2.24) is 29.7 Å². The number of nitrogens with zero attached hydrogens (tertiary/aromatic N) is 6. The lowest BCUT2D eigenvalue weighted by Crippen LogP contribution is -2.48. The predicted molar refractivity (Wildman–Crippen MR) is 126 cm³/mol. The van der Waals surface area contributed by atoms with Crippen molar-refractivity contribution < 1.29 is 4.79 Å². The first-order valence-corrected chi connectivity index (χ1v) is 12.8. The monoisotopic (exact) mass is 459 g/mol. The molecule has 0 aromatic carbocycles. The van der Waals surface area contributed by atoms with Gasteiger partial charge in [0.25, 0.3) is 5.56 Å². The van der Waals surface area contributed by atoms with Gasteiger partial charge < -0.3 is 15.1 Å². The second-order valence-electron chi connectivity index (χ2n) is 9.35. The molecule has 3 aliphatic rings. The van der Waals surface area contributed by atoms with E-state index in [1.165, 1.54) is 15.9 Å². The first-order valence-electron chi connectivity index (χ1n) is 11.9. The summed E-state index contributed by atoms with van der Waals surface area (Å²) in [6, 6.07) is 0. The second kappa shape index (κ2) is 9.44. The predicted octanol–water partition coefficient (Wildman–Crippen LogP) is 0.610. The number of carbonyl (C=O) groups is 1. The molecule has 9 nitrogen and oxygen atoms in total. The van der Waals surface area contributed by atoms with Crippen LogP contribution in [0.3, 0.4) is 0 Å². The molecule has 1 aliphatic carbocycles. The number of carbonyl (C=O) groups excluding carboxylic acids is 1. The average molecular weight is 460 g/mol. The highest BCUT2D eigenvalue weighted by Crippen LogP contribution is 2.28. The molecule has 0 spiro atoms. The highest BCUT2D eigenvalue weighted by atomic mass is 32.1. The molecule has 1 unspecified atom stereocenters. The number of anilines is 1. The zero-order chi connectivity index (χ0) is 22.1. The van der Waals surface area contributed by atoms with E-state index >= 15 is 0 Å². The van der Waals surface area contributed by atoms with Crippen LogP contribution in [0.5, 0.6) is 0 Å². The van der Waals surface area contributed by atoms with Crippen LogP contribution in [-0.4, -0.2) is 89.7 Å². The first-order chi connectivity index (χ1) is 15.6. The molecule has 2 aliphatic heterocycles. The summed E-state index contributed by atoms with van der Waals surface area (Å²) in [5.74, 6) is 0.0943. The van der Waals surface area contributed by atoms with Gasteiger partial charge >= 0.3 is 0 Å². The number of nitrogens with one attached hydrogen (secondary N) is 1. The summed E-state index contributed by atoms with van der Waals surface area (Å²) in [6.07, 6.45) is 5.68. The third-order valence-corrected chi connectivity index (χ3v) is 8.02. The number of fused-ring (bicyclic) bond motifs is 2. The smallest absolute Gasteiger partial charge is 0.278 e. The Kier molecular flexibility index (Phi) is 6.43. The van der Waals surface area contributed by atoms with Crippen LogP contribution in [0, 0.1) is 5.92 Å². The highest BCUT2D eigenvalue weighted by molar-refractivity contribution is 7.20. The van der Waals surface area contributed by atoms with Gasteiger partial charge in [-0.25, -0.2) is 4.98 Å². The minimum absolute atomic E-state index is 0.0117. The molecule has 1 N–H and O–H groups in total. The maximum atomic E-state index is 12.9. The molecular formula is C22H33N7O2S. The highest BCUT2D eigenvalue weighted by Gasteiger charge is 2.28. The van der Waals surface area contributed by atoms with E-state index in [0.29, 0.717) is 18.1 Å². The van der Waals surface area contributed by atoms with Crippen LogP contribution in [0.25, 0.3) is 4.96 Å². The summed E-state index contributed by atoms with van der Waals surface area (Å²) in [5, 5.41) is 8.56. The molecule has 32 heavy (non-hydrogen) atoms. The molecule has 0 saturated carbocycles. The van der Waals surface area contributed by atoms with Crippen molar-refractivity contribution >= 4 is 27.3 Å². The molecule has 174 valence electrons. The summed E-state index contributed by atoms with van der Waals surface area (Å²) in [4.78, 5) is 38.0. The maximum absolute atomic E-state index is 12.9. The van der Waals surface area contributed by atoms with Gasteiger partial charge in [0.2, 0.25) is 16.0 Å². The fourth-order valence-corrected chi connectivity index (χ4v) is 5.95. The summed E-state index contributed by atoms with van der Waals surface area (Å²) in [6.45, 7) is 7.44. The number of rotatable bonds is 5. The fraction of sp³-hybridized carbons (Fsp3) is 0.727. The van der Waals surface area contributed by atoms with E-state index < -0.39 is 0 Å². The summed E-state index contributed by atoms with van der Waals surface area (Å²) in [5.41, 5.74) is 1.77. The largest absolute Gasteiger partial charge is 0.355 e. The van der Waals surface area contributed by atoms with Crippen molar-refractivity contribution in [3.8, 4) is 0 Å². The Morgan fingerprint density at radius 2 is 1.94 bits per heavy atom. The first kappa shape index (κ1) is 21.8. The van der Waals surface area contributed by atoms with Crippen LogP contribution in [-0.2, 0) is 17.6 Å². The lowest BCUT2D eigenvalue weighted by atomic mass is 9.97. The molecule has 10 heteroatoms. The minimum atomic E-state index is -0.0406. The van der Waals surface area contributed by atoms with Crippen LogP contribution in [0.1, 0.15) is 36.9 Å². The van der Waals surface area contributed by atoms with Gasteiger partial charge in [-0.05, 0) is 45.6 Å². The van der Waals surface area contributed by atoms with Gasteiger partial charge in [-0.1, -0.05) is 11.3 Å². The number of hydrogen-bond donors (Lipinski definition) is 1. The number of amides is 1. The number of aryl methyl sites for hydroxylation is 1. The summed E-state index contributed by atoms with van der Waals surface area (Å²) in [7, 11) is 2.15. The molecule has 2 aromatic heterocycles. The van der Waals surface area contributed by atoms with Crippen LogP contribution in [0.4, 0.5) is 5.13 Å². The maximum Gasteiger partial charge on any atom is 0.278 e. The molecule has 2 aromatic rings. The van der Waals surface area contributed by atoms with Crippen molar-refractivity contribution in [1.29, 1.82) is 0 Å². The van der Waals surface area contributed by atoms with Gasteiger partial charge in [0.05, 0.1) is 11.6 Å². The van der Waals surface area contributed by atoms with E-state index in [4.69, 9.17) is 4.98 Å². The molecule has 2 fully saturated rings. The molecular weight excluding hydrogens is 426 g/mol. The Balaban J connectivity index is 1.21. The fourth-order valence-electron chi connectivity index (χ4n) is 5.01. The van der Waals surface area contributed by atoms with E-state index in [2.05, 4.69) is 32.2 Å². The Hall–Kier alpha value is -2.04. The van der Waals surface area contributed by atoms with Gasteiger partial charge in [-0.3, -0.25) is 14.5 Å². The Labute approximate surface area is 192 Å². The van der Waals surface area contributed by atoms with E-state index in [1.807, 2.05) is 0 Å². The molecule has 4 heterocycles. The Morgan fingerprint density at radius 3 is 2.78 bits per heavy atom. The number of aromatic nitrogens is 3. The lowest BCUT2D eigenvalue weighted by Gasteiger charge is -2.33. The standard InChI is InChI=1S/C22H33N7O2S/c1-26-11-13-27(14-12-26)10-8-23-19(30)16-5-4-9-28(15-16)22-25-29-20(31)17-6-2-3-7-18(17)24-21(29)32-22/h16H,2-15H2,1H3,(H,23,30). The number of likely N-dealkylation sites (N-methyl/N-ethyl adjacent to an activating group) is 1. The van der Waals surface area contributed by atoms with Crippen LogP contribution >= 0.6 is 11.3 Å². The summed E-state index contributed by atoms with van der Waals surface area (Å²) < 4.78 is 1.48. The van der Waals surface area contributed by atoms with Crippen molar-refractivity contribution in [3.63, 3.8) is 0 Å². The van der Waals surface area contributed by atoms with Gasteiger partial charge in [0.15, 0.2) is 0 Å². The van der Waals surface area contributed by atoms with Crippen molar-refractivity contribution in [3.05, 3.63) is 21.6 Å². The van der Waals surface area contributed by atoms with Gasteiger partial charge in [0.1, 0.15) is 0 Å². The van der Waals surface area contributed by atoms with Crippen molar-refractivity contribution in [2.24, 2.45) is 5.92 Å². The van der Waals surface area contributed by atoms with E-state index in [-0.39, 0.29) is 17.4 Å². The van der Waals surface area contributed by atoms with Crippen molar-refractivity contribution in [2.45, 2.75) is 38.5 Å². The molecule has 2 saturated heterocycles. The number of hydrogen-bond acceptors (Lipinski definition) is 8. The topological polar surface area (TPSA) is 86.1 Å². The van der Waals surface area contributed by atoms with Crippen molar-refractivity contribution in [2.75, 3.05) is 64.3 Å². The zero-order valence-corrected chi connectivity index (χ0v) is 19.7. The number of piperazine rings is 1. The van der Waals surface area contributed by atoms with Gasteiger partial charge in [-0.2, -0.15) is 4.52 Å². The molecule has 5 rings (SSSR count). The summed E-state index contributed by atoms with van der Waals surface area (Å²) >= 11 is 1.47. The minimum Gasteiger partial charge on any atom is -0.355 e. The van der Waals surface area contributed by atoms with E-state index in [9.17, 15) is 9.59 Å². The van der Waals surface area contributed by atoms with Crippen LogP contribution in [0.15, 0.2) is 4.79 Å². The van der Waals surface area contributed by atoms with Gasteiger partial charge in [-0.15, -0.1) is 5.10 Å². The van der Waals surface area contributed by atoms with E-state index in [0.717, 1.165) is 94.2 Å². The molecule has 1 amide bonds. The Bertz CT molecular complexity index is 1030. The molecule has 0 radical (unpaired) electrons. The van der Waals surface area contributed by atoms with Gasteiger partial charge in [0, 0.05) is 57.9 Å². The Morgan fingerprint density at radius 1 is 1.12 bits per heavy atom. The van der Waals surface area contributed by atoms with E-state index in [1.54, 1.807) is 0 Å². The molecule has 1 atom stereocenters. The van der Waals surface area contributed by atoms with Crippen LogP contribution < -0.4 is 15.8 Å². The third-order valence-electron chi connectivity index (χ3n) is 7.06. The normalized spacial score (nSPS) is 22.8. The molecule has 0 bridgehead atoms. The second-order valence-corrected chi connectivity index (χ2v) is 10.3. The van der Waals surface area contributed by atoms with Crippen LogP contribution in [0.2, 0.25) is 0 Å². The zero-order valence-electron chi connectivity index (χ0n) is 18.9. The SMILES string of the molecule is CN1CCN(CCNC(=O)C2CCCN(c3nn4c(=O)c5c(nc4s3)CCCC5)C2)CC1. The lowest BCUT2D eigenvalue weighted by molar-refractivity contribution is -0.125. The number of piperidine rings is 1. The quantitative estimate of drug-likeness (QED) is 0.701. The third kappa shape index (κ3) is 4.53. The average Bonchev–Trinajstić information content (AvgIpc) is 3.25.